The summed E-state index contributed by atoms with van der Waals surface area (Å²) in [5, 5.41) is 2.46. The Morgan fingerprint density at radius 3 is 2.39 bits per heavy atom. The van der Waals surface area contributed by atoms with Crippen LogP contribution in [0.4, 0.5) is 5.69 Å². The highest BCUT2D eigenvalue weighted by Gasteiger charge is 2.30. The van der Waals surface area contributed by atoms with E-state index in [1.807, 2.05) is 0 Å². The standard InChI is InChI=1S/C15H15BrN2O4S/c16-11-3-5-12(6-4-11)17-15(19)13-7-8-14(22-13)23(20,21)18-9-1-2-10-18/h3-8H,1-2,9-10H2,(H,17,19). The van der Waals surface area contributed by atoms with E-state index in [9.17, 15) is 13.2 Å². The Balaban J connectivity index is 1.76. The summed E-state index contributed by atoms with van der Waals surface area (Å²) in [6.07, 6.45) is 1.69. The Morgan fingerprint density at radius 2 is 1.74 bits per heavy atom. The summed E-state index contributed by atoms with van der Waals surface area (Å²) in [6, 6.07) is 9.74. The molecule has 23 heavy (non-hydrogen) atoms. The smallest absolute Gasteiger partial charge is 0.291 e. The fourth-order valence-corrected chi connectivity index (χ4v) is 4.06. The maximum absolute atomic E-state index is 12.4. The van der Waals surface area contributed by atoms with E-state index >= 15 is 0 Å². The molecule has 1 aromatic carbocycles. The van der Waals surface area contributed by atoms with E-state index in [0.29, 0.717) is 18.8 Å². The fraction of sp³-hybridized carbons (Fsp3) is 0.267. The first-order valence-corrected chi connectivity index (χ1v) is 9.37. The second-order valence-corrected chi connectivity index (χ2v) is 7.98. The molecule has 0 bridgehead atoms. The summed E-state index contributed by atoms with van der Waals surface area (Å²) < 4.78 is 32.3. The van der Waals surface area contributed by atoms with Crippen molar-refractivity contribution in [3.8, 4) is 0 Å². The molecular weight excluding hydrogens is 384 g/mol. The van der Waals surface area contributed by atoms with Crippen molar-refractivity contribution in [1.82, 2.24) is 4.31 Å². The third-order valence-electron chi connectivity index (χ3n) is 3.57. The Bertz CT molecular complexity index is 808. The van der Waals surface area contributed by atoms with Gasteiger partial charge in [0.15, 0.2) is 5.76 Å². The van der Waals surface area contributed by atoms with E-state index in [4.69, 9.17) is 4.42 Å². The molecule has 0 radical (unpaired) electrons. The fourth-order valence-electron chi connectivity index (χ4n) is 2.36. The number of halogens is 1. The highest BCUT2D eigenvalue weighted by atomic mass is 79.9. The number of sulfonamides is 1. The first-order chi connectivity index (χ1) is 11.0. The van der Waals surface area contributed by atoms with Crippen molar-refractivity contribution in [3.05, 3.63) is 46.6 Å². The summed E-state index contributed by atoms with van der Waals surface area (Å²) in [7, 11) is -3.65. The van der Waals surface area contributed by atoms with Crippen LogP contribution in [0.5, 0.6) is 0 Å². The number of nitrogens with zero attached hydrogens (tertiary/aromatic N) is 1. The Morgan fingerprint density at radius 1 is 1.09 bits per heavy atom. The number of nitrogens with one attached hydrogen (secondary N) is 1. The summed E-state index contributed by atoms with van der Waals surface area (Å²) in [4.78, 5) is 12.1. The van der Waals surface area contributed by atoms with Crippen molar-refractivity contribution in [1.29, 1.82) is 0 Å². The molecule has 1 N–H and O–H groups in total. The van der Waals surface area contributed by atoms with Gasteiger partial charge in [0.1, 0.15) is 0 Å². The van der Waals surface area contributed by atoms with E-state index in [-0.39, 0.29) is 10.9 Å². The number of hydrogen-bond donors (Lipinski definition) is 1. The second kappa shape index (κ2) is 6.46. The van der Waals surface area contributed by atoms with Gasteiger partial charge >= 0.3 is 0 Å². The quantitative estimate of drug-likeness (QED) is 0.857. The summed E-state index contributed by atoms with van der Waals surface area (Å²) in [6.45, 7) is 0.979. The van der Waals surface area contributed by atoms with Crippen molar-refractivity contribution in [2.75, 3.05) is 18.4 Å². The van der Waals surface area contributed by atoms with E-state index in [2.05, 4.69) is 21.2 Å². The van der Waals surface area contributed by atoms with E-state index in [0.717, 1.165) is 17.3 Å². The minimum atomic E-state index is -3.65. The molecule has 0 unspecified atom stereocenters. The van der Waals surface area contributed by atoms with Gasteiger partial charge in [-0.15, -0.1) is 0 Å². The molecule has 8 heteroatoms. The maximum Gasteiger partial charge on any atom is 0.291 e. The van der Waals surface area contributed by atoms with Gasteiger partial charge in [0, 0.05) is 23.2 Å². The SMILES string of the molecule is O=C(Nc1ccc(Br)cc1)c1ccc(S(=O)(=O)N2CCCC2)o1. The van der Waals surface area contributed by atoms with Crippen LogP contribution in [0.15, 0.2) is 50.4 Å². The van der Waals surface area contributed by atoms with E-state index in [1.165, 1.54) is 16.4 Å². The molecular formula is C15H15BrN2O4S. The number of furan rings is 1. The zero-order valence-corrected chi connectivity index (χ0v) is 14.6. The van der Waals surface area contributed by atoms with Crippen molar-refractivity contribution in [2.24, 2.45) is 0 Å². The van der Waals surface area contributed by atoms with Crippen LogP contribution in [-0.4, -0.2) is 31.7 Å². The lowest BCUT2D eigenvalue weighted by atomic mass is 10.3. The van der Waals surface area contributed by atoms with E-state index < -0.39 is 15.9 Å². The molecule has 1 saturated heterocycles. The first-order valence-electron chi connectivity index (χ1n) is 7.14. The zero-order valence-electron chi connectivity index (χ0n) is 12.2. The highest BCUT2D eigenvalue weighted by Crippen LogP contribution is 2.23. The summed E-state index contributed by atoms with van der Waals surface area (Å²) in [5.74, 6) is -0.527. The molecule has 2 heterocycles. The predicted octanol–water partition coefficient (Wildman–Crippen LogP) is 3.08. The molecule has 1 aromatic heterocycles. The minimum Gasteiger partial charge on any atom is -0.438 e. The average molecular weight is 399 g/mol. The second-order valence-electron chi connectivity index (χ2n) is 5.19. The molecule has 0 spiro atoms. The maximum atomic E-state index is 12.4. The van der Waals surface area contributed by atoms with Crippen LogP contribution in [-0.2, 0) is 10.0 Å². The molecule has 1 fully saturated rings. The Kier molecular flexibility index (Phi) is 4.56. The summed E-state index contributed by atoms with van der Waals surface area (Å²) >= 11 is 3.31. The van der Waals surface area contributed by atoms with Gasteiger partial charge < -0.3 is 9.73 Å². The van der Waals surface area contributed by atoms with E-state index in [1.54, 1.807) is 24.3 Å². The van der Waals surface area contributed by atoms with Gasteiger partial charge in [-0.2, -0.15) is 4.31 Å². The number of anilines is 1. The monoisotopic (exact) mass is 398 g/mol. The van der Waals surface area contributed by atoms with Crippen molar-refractivity contribution < 1.29 is 17.6 Å². The molecule has 3 rings (SSSR count). The molecule has 0 aliphatic carbocycles. The number of hydrogen-bond acceptors (Lipinski definition) is 4. The van der Waals surface area contributed by atoms with Gasteiger partial charge in [-0.25, -0.2) is 8.42 Å². The third-order valence-corrected chi connectivity index (χ3v) is 5.87. The highest BCUT2D eigenvalue weighted by molar-refractivity contribution is 9.10. The van der Waals surface area contributed by atoms with Gasteiger partial charge in [0.2, 0.25) is 5.09 Å². The largest absolute Gasteiger partial charge is 0.438 e. The average Bonchev–Trinajstić information content (AvgIpc) is 3.21. The van der Waals surface area contributed by atoms with Crippen LogP contribution in [0.25, 0.3) is 0 Å². The van der Waals surface area contributed by atoms with Gasteiger partial charge in [-0.05, 0) is 49.2 Å². The number of amides is 1. The molecule has 2 aromatic rings. The third kappa shape index (κ3) is 3.49. The number of carbonyl (C=O) groups is 1. The van der Waals surface area contributed by atoms with Crippen LogP contribution < -0.4 is 5.32 Å². The molecule has 0 atom stereocenters. The molecule has 122 valence electrons. The van der Waals surface area contributed by atoms with Crippen LogP contribution in [0.2, 0.25) is 0 Å². The molecule has 0 saturated carbocycles. The Hall–Kier alpha value is -1.64. The van der Waals surface area contributed by atoms with Crippen LogP contribution in [0, 0.1) is 0 Å². The van der Waals surface area contributed by atoms with Gasteiger partial charge in [0.25, 0.3) is 15.9 Å². The molecule has 1 aliphatic rings. The molecule has 6 nitrogen and oxygen atoms in total. The van der Waals surface area contributed by atoms with Crippen molar-refractivity contribution in [3.63, 3.8) is 0 Å². The molecule has 1 amide bonds. The zero-order chi connectivity index (χ0) is 16.4. The number of rotatable bonds is 4. The minimum absolute atomic E-state index is 0.0364. The Labute approximate surface area is 142 Å². The predicted molar refractivity (Wildman–Crippen MR) is 88.8 cm³/mol. The lowest BCUT2D eigenvalue weighted by molar-refractivity contribution is 0.0991. The normalized spacial score (nSPS) is 15.7. The van der Waals surface area contributed by atoms with Gasteiger partial charge in [-0.3, -0.25) is 4.79 Å². The van der Waals surface area contributed by atoms with Crippen molar-refractivity contribution in [2.45, 2.75) is 17.9 Å². The molecule has 1 aliphatic heterocycles. The van der Waals surface area contributed by atoms with Crippen LogP contribution >= 0.6 is 15.9 Å². The number of benzene rings is 1. The van der Waals surface area contributed by atoms with Crippen LogP contribution in [0.3, 0.4) is 0 Å². The summed E-state index contributed by atoms with van der Waals surface area (Å²) in [5.41, 5.74) is 0.596. The van der Waals surface area contributed by atoms with Gasteiger partial charge in [-0.1, -0.05) is 15.9 Å². The van der Waals surface area contributed by atoms with Gasteiger partial charge in [0.05, 0.1) is 0 Å². The van der Waals surface area contributed by atoms with Crippen LogP contribution in [0.1, 0.15) is 23.4 Å². The van der Waals surface area contributed by atoms with Crippen molar-refractivity contribution >= 4 is 37.5 Å². The topological polar surface area (TPSA) is 79.6 Å². The lowest BCUT2D eigenvalue weighted by Crippen LogP contribution is -2.27. The number of carbonyl (C=O) groups excluding carboxylic acids is 1. The first kappa shape index (κ1) is 16.2. The lowest BCUT2D eigenvalue weighted by Gasteiger charge is -2.12.